The van der Waals surface area contributed by atoms with Crippen molar-refractivity contribution in [2.75, 3.05) is 29.9 Å². The second-order valence-corrected chi connectivity index (χ2v) is 9.09. The highest BCUT2D eigenvalue weighted by Gasteiger charge is 2.37. The zero-order chi connectivity index (χ0) is 23.4. The molecule has 172 valence electrons. The number of carbonyl (C=O) groups is 1. The van der Waals surface area contributed by atoms with Gasteiger partial charge in [0, 0.05) is 5.69 Å². The van der Waals surface area contributed by atoms with Crippen LogP contribution in [-0.2, 0) is 14.8 Å². The number of anilines is 2. The highest BCUT2D eigenvalue weighted by Crippen LogP contribution is 2.37. The Hall–Kier alpha value is -3.72. The van der Waals surface area contributed by atoms with Gasteiger partial charge in [-0.3, -0.25) is 9.10 Å². The molecule has 1 N–H and O–H groups in total. The van der Waals surface area contributed by atoms with Crippen LogP contribution in [0, 0.1) is 0 Å². The SMILES string of the molecule is CCOc1ccc(NC(=O)C2CN(S(=O)(=O)c3ccc(OC)cc3)c3ccccc3O2)cc1. The van der Waals surface area contributed by atoms with Crippen LogP contribution in [0.25, 0.3) is 0 Å². The summed E-state index contributed by atoms with van der Waals surface area (Å²) < 4.78 is 44.5. The molecule has 9 heteroatoms. The molecule has 3 aromatic carbocycles. The summed E-state index contributed by atoms with van der Waals surface area (Å²) in [5.41, 5.74) is 0.925. The summed E-state index contributed by atoms with van der Waals surface area (Å²) >= 11 is 0. The first-order chi connectivity index (χ1) is 15.9. The number of para-hydroxylation sites is 2. The number of hydrogen-bond acceptors (Lipinski definition) is 6. The number of fused-ring (bicyclic) bond motifs is 1. The molecule has 0 aromatic heterocycles. The molecule has 0 radical (unpaired) electrons. The number of nitrogens with one attached hydrogen (secondary N) is 1. The van der Waals surface area contributed by atoms with E-state index in [2.05, 4.69) is 5.32 Å². The van der Waals surface area contributed by atoms with E-state index in [1.54, 1.807) is 60.7 Å². The van der Waals surface area contributed by atoms with Gasteiger partial charge in [0.25, 0.3) is 15.9 Å². The number of sulfonamides is 1. The van der Waals surface area contributed by atoms with E-state index < -0.39 is 22.0 Å². The number of methoxy groups -OCH3 is 1. The van der Waals surface area contributed by atoms with Crippen molar-refractivity contribution in [2.45, 2.75) is 17.9 Å². The van der Waals surface area contributed by atoms with E-state index in [4.69, 9.17) is 14.2 Å². The fraction of sp³-hybridized carbons (Fsp3) is 0.208. The summed E-state index contributed by atoms with van der Waals surface area (Å²) in [5, 5.41) is 2.78. The molecule has 1 amide bonds. The molecule has 8 nitrogen and oxygen atoms in total. The minimum absolute atomic E-state index is 0.0886. The van der Waals surface area contributed by atoms with Gasteiger partial charge in [0.2, 0.25) is 0 Å². The molecule has 1 atom stereocenters. The van der Waals surface area contributed by atoms with E-state index in [0.29, 0.717) is 35.2 Å². The van der Waals surface area contributed by atoms with Crippen LogP contribution < -0.4 is 23.8 Å². The third kappa shape index (κ3) is 4.73. The lowest BCUT2D eigenvalue weighted by molar-refractivity contribution is -0.122. The minimum atomic E-state index is -3.95. The Morgan fingerprint density at radius 3 is 2.36 bits per heavy atom. The van der Waals surface area contributed by atoms with Crippen LogP contribution in [0.15, 0.2) is 77.7 Å². The van der Waals surface area contributed by atoms with Gasteiger partial charge in [-0.2, -0.15) is 0 Å². The number of amides is 1. The second-order valence-electron chi connectivity index (χ2n) is 7.23. The van der Waals surface area contributed by atoms with Crippen molar-refractivity contribution >= 4 is 27.3 Å². The number of rotatable bonds is 7. The monoisotopic (exact) mass is 468 g/mol. The van der Waals surface area contributed by atoms with Crippen LogP contribution in [0.5, 0.6) is 17.2 Å². The zero-order valence-corrected chi connectivity index (χ0v) is 19.0. The van der Waals surface area contributed by atoms with Crippen LogP contribution in [-0.4, -0.2) is 40.7 Å². The van der Waals surface area contributed by atoms with Gasteiger partial charge in [-0.15, -0.1) is 0 Å². The second kappa shape index (κ2) is 9.41. The predicted octanol–water partition coefficient (Wildman–Crippen LogP) is 3.69. The lowest BCUT2D eigenvalue weighted by Gasteiger charge is -2.34. The molecule has 0 fully saturated rings. The molecule has 3 aromatic rings. The maximum absolute atomic E-state index is 13.5. The summed E-state index contributed by atoms with van der Waals surface area (Å²) in [6.07, 6.45) is -1.04. The molecule has 1 heterocycles. The van der Waals surface area contributed by atoms with E-state index >= 15 is 0 Å². The van der Waals surface area contributed by atoms with Crippen LogP contribution in [0.2, 0.25) is 0 Å². The Kier molecular flexibility index (Phi) is 6.41. The van der Waals surface area contributed by atoms with E-state index in [-0.39, 0.29) is 11.4 Å². The zero-order valence-electron chi connectivity index (χ0n) is 18.2. The van der Waals surface area contributed by atoms with E-state index in [1.807, 2.05) is 6.92 Å². The minimum Gasteiger partial charge on any atom is -0.497 e. The molecule has 0 spiro atoms. The van der Waals surface area contributed by atoms with E-state index in [1.165, 1.54) is 23.5 Å². The van der Waals surface area contributed by atoms with Crippen LogP contribution in [0.3, 0.4) is 0 Å². The highest BCUT2D eigenvalue weighted by molar-refractivity contribution is 7.92. The van der Waals surface area contributed by atoms with Crippen molar-refractivity contribution < 1.29 is 27.4 Å². The van der Waals surface area contributed by atoms with Crippen molar-refractivity contribution in [3.8, 4) is 17.2 Å². The Morgan fingerprint density at radius 2 is 1.70 bits per heavy atom. The van der Waals surface area contributed by atoms with Gasteiger partial charge >= 0.3 is 0 Å². The molecule has 1 aliphatic heterocycles. The molecular formula is C24H24N2O6S. The summed E-state index contributed by atoms with van der Waals surface area (Å²) in [7, 11) is -2.44. The lowest BCUT2D eigenvalue weighted by Crippen LogP contribution is -2.48. The standard InChI is InChI=1S/C24H24N2O6S/c1-3-31-19-10-8-17(9-11-19)25-24(27)23-16-26(21-6-4-5-7-22(21)32-23)33(28,29)20-14-12-18(30-2)13-15-20/h4-15,23H,3,16H2,1-2H3,(H,25,27). The maximum atomic E-state index is 13.5. The first kappa shape index (κ1) is 22.5. The summed E-state index contributed by atoms with van der Waals surface area (Å²) in [6.45, 7) is 2.26. The molecule has 4 rings (SSSR count). The van der Waals surface area contributed by atoms with Crippen molar-refractivity contribution in [2.24, 2.45) is 0 Å². The Balaban J connectivity index is 1.60. The average molecular weight is 469 g/mol. The Morgan fingerprint density at radius 1 is 1.03 bits per heavy atom. The molecule has 33 heavy (non-hydrogen) atoms. The average Bonchev–Trinajstić information content (AvgIpc) is 2.84. The fourth-order valence-electron chi connectivity index (χ4n) is 3.47. The largest absolute Gasteiger partial charge is 0.497 e. The summed E-state index contributed by atoms with van der Waals surface area (Å²) in [4.78, 5) is 13.1. The first-order valence-corrected chi connectivity index (χ1v) is 11.8. The predicted molar refractivity (Wildman–Crippen MR) is 125 cm³/mol. The van der Waals surface area contributed by atoms with Crippen molar-refractivity contribution in [1.29, 1.82) is 0 Å². The summed E-state index contributed by atoms with van der Waals surface area (Å²) in [6, 6.07) is 19.8. The van der Waals surface area contributed by atoms with Crippen LogP contribution in [0.4, 0.5) is 11.4 Å². The molecule has 1 unspecified atom stereocenters. The normalized spacial score (nSPS) is 15.2. The lowest BCUT2D eigenvalue weighted by atomic mass is 10.2. The van der Waals surface area contributed by atoms with Gasteiger partial charge in [0.1, 0.15) is 17.2 Å². The quantitative estimate of drug-likeness (QED) is 0.568. The van der Waals surface area contributed by atoms with Crippen molar-refractivity contribution in [3.63, 3.8) is 0 Å². The van der Waals surface area contributed by atoms with Gasteiger partial charge in [-0.1, -0.05) is 12.1 Å². The molecule has 0 bridgehead atoms. The van der Waals surface area contributed by atoms with Gasteiger partial charge in [-0.25, -0.2) is 8.42 Å². The van der Waals surface area contributed by atoms with Gasteiger partial charge in [0.05, 0.1) is 30.8 Å². The number of carbonyl (C=O) groups excluding carboxylic acids is 1. The number of benzene rings is 3. The topological polar surface area (TPSA) is 94.2 Å². The number of nitrogens with zero attached hydrogens (tertiary/aromatic N) is 1. The number of ether oxygens (including phenoxy) is 3. The Labute approximate surface area is 192 Å². The van der Waals surface area contributed by atoms with Gasteiger partial charge in [-0.05, 0) is 67.6 Å². The summed E-state index contributed by atoms with van der Waals surface area (Å²) in [5.74, 6) is 1.09. The third-order valence-corrected chi connectivity index (χ3v) is 6.90. The van der Waals surface area contributed by atoms with Gasteiger partial charge in [0.15, 0.2) is 6.10 Å². The fourth-order valence-corrected chi connectivity index (χ4v) is 4.94. The molecule has 1 aliphatic rings. The van der Waals surface area contributed by atoms with Crippen molar-refractivity contribution in [1.82, 2.24) is 0 Å². The van der Waals surface area contributed by atoms with E-state index in [9.17, 15) is 13.2 Å². The van der Waals surface area contributed by atoms with Crippen LogP contribution >= 0.6 is 0 Å². The van der Waals surface area contributed by atoms with E-state index in [0.717, 1.165) is 0 Å². The molecular weight excluding hydrogens is 444 g/mol. The Bertz CT molecular complexity index is 1230. The molecule has 0 saturated heterocycles. The highest BCUT2D eigenvalue weighted by atomic mass is 32.2. The van der Waals surface area contributed by atoms with Gasteiger partial charge < -0.3 is 19.5 Å². The smallest absolute Gasteiger partial charge is 0.267 e. The third-order valence-electron chi connectivity index (χ3n) is 5.11. The van der Waals surface area contributed by atoms with Crippen LogP contribution in [0.1, 0.15) is 6.92 Å². The molecule has 0 aliphatic carbocycles. The maximum Gasteiger partial charge on any atom is 0.267 e. The number of hydrogen-bond donors (Lipinski definition) is 1. The van der Waals surface area contributed by atoms with Crippen molar-refractivity contribution in [3.05, 3.63) is 72.8 Å². The first-order valence-electron chi connectivity index (χ1n) is 10.4. The molecule has 0 saturated carbocycles.